The Bertz CT molecular complexity index is 880. The van der Waals surface area contributed by atoms with E-state index in [-0.39, 0.29) is 17.4 Å². The fourth-order valence-corrected chi connectivity index (χ4v) is 4.68. The number of piperidine rings is 1. The van der Waals surface area contributed by atoms with Crippen LogP contribution < -0.4 is 0 Å². The number of carboxylic acids is 1. The summed E-state index contributed by atoms with van der Waals surface area (Å²) in [5.41, 5.74) is 3.16. The highest BCUT2D eigenvalue weighted by molar-refractivity contribution is 9.10. The van der Waals surface area contributed by atoms with Gasteiger partial charge in [-0.1, -0.05) is 15.9 Å². The number of nitrogens with zero attached hydrogens (tertiary/aromatic N) is 6. The zero-order valence-corrected chi connectivity index (χ0v) is 17.0. The molecule has 2 aliphatic heterocycles. The molecule has 9 heteroatoms. The van der Waals surface area contributed by atoms with E-state index in [0.717, 1.165) is 48.6 Å². The van der Waals surface area contributed by atoms with Crippen molar-refractivity contribution in [2.24, 2.45) is 18.0 Å². The predicted octanol–water partition coefficient (Wildman–Crippen LogP) is 2.49. The quantitative estimate of drug-likeness (QED) is 0.746. The maximum Gasteiger partial charge on any atom is 0.317 e. The normalized spacial score (nSPS) is 23.9. The molecule has 1 N–H and O–H groups in total. The van der Waals surface area contributed by atoms with Crippen molar-refractivity contribution < 1.29 is 9.90 Å². The number of halogens is 1. The molecule has 0 radical (unpaired) electrons. The van der Waals surface area contributed by atoms with Gasteiger partial charge in [0.1, 0.15) is 0 Å². The number of alkyl halides is 1. The smallest absolute Gasteiger partial charge is 0.317 e. The largest absolute Gasteiger partial charge is 0.480 e. The minimum Gasteiger partial charge on any atom is -0.480 e. The zero-order chi connectivity index (χ0) is 19.1. The highest BCUT2D eigenvalue weighted by Crippen LogP contribution is 2.40. The van der Waals surface area contributed by atoms with Crippen LogP contribution in [0.3, 0.4) is 0 Å². The molecule has 0 aliphatic carbocycles. The molecule has 2 aliphatic rings. The van der Waals surface area contributed by atoms with Gasteiger partial charge < -0.3 is 5.11 Å². The van der Waals surface area contributed by atoms with E-state index in [1.54, 1.807) is 4.68 Å². The van der Waals surface area contributed by atoms with Crippen LogP contribution >= 0.6 is 15.9 Å². The van der Waals surface area contributed by atoms with E-state index in [1.165, 1.54) is 0 Å². The number of carbonyl (C=O) groups is 1. The van der Waals surface area contributed by atoms with Crippen molar-refractivity contribution in [3.8, 4) is 11.1 Å². The first-order chi connectivity index (χ1) is 12.9. The third kappa shape index (κ3) is 3.45. The van der Waals surface area contributed by atoms with Crippen molar-refractivity contribution >= 4 is 33.4 Å². The molecule has 0 spiro atoms. The Morgan fingerprint density at radius 2 is 2.04 bits per heavy atom. The van der Waals surface area contributed by atoms with Crippen LogP contribution in [0.25, 0.3) is 11.1 Å². The predicted molar refractivity (Wildman–Crippen MR) is 106 cm³/mol. The summed E-state index contributed by atoms with van der Waals surface area (Å²) >= 11 is 3.83. The van der Waals surface area contributed by atoms with Gasteiger partial charge in [0.15, 0.2) is 5.82 Å². The standard InChI is InChI=1S/C18H23BrN6O2/c1-11-16(19)17(12-3-5-24(6-4-12)10-15(26)27)22-18-14(8-21-25(11)18)13-7-20-23(2)9-13/h7-9,11-12,16H,3-6,10H2,1-2H3,(H,26,27). The Morgan fingerprint density at radius 1 is 1.30 bits per heavy atom. The van der Waals surface area contributed by atoms with E-state index in [1.807, 2.05) is 35.2 Å². The van der Waals surface area contributed by atoms with Crippen molar-refractivity contribution in [3.05, 3.63) is 18.6 Å². The summed E-state index contributed by atoms with van der Waals surface area (Å²) in [6, 6.07) is 0.162. The molecular weight excluding hydrogens is 412 g/mol. The highest BCUT2D eigenvalue weighted by Gasteiger charge is 2.36. The van der Waals surface area contributed by atoms with Gasteiger partial charge in [0, 0.05) is 36.0 Å². The number of likely N-dealkylation sites (tertiary alicyclic amines) is 1. The lowest BCUT2D eigenvalue weighted by Gasteiger charge is -2.36. The fourth-order valence-electron chi connectivity index (χ4n) is 3.98. The van der Waals surface area contributed by atoms with E-state index in [0.29, 0.717) is 5.92 Å². The minimum atomic E-state index is -0.763. The number of aryl methyl sites for hydroxylation is 1. The van der Waals surface area contributed by atoms with Crippen molar-refractivity contribution in [2.45, 2.75) is 30.6 Å². The molecule has 2 aromatic rings. The molecule has 0 saturated carbocycles. The maximum atomic E-state index is 10.9. The number of hydrogen-bond acceptors (Lipinski definition) is 5. The molecule has 0 bridgehead atoms. The van der Waals surface area contributed by atoms with Gasteiger partial charge in [0.05, 0.1) is 29.8 Å². The topological polar surface area (TPSA) is 88.5 Å². The first-order valence-corrected chi connectivity index (χ1v) is 10.1. The van der Waals surface area contributed by atoms with E-state index in [2.05, 4.69) is 33.1 Å². The van der Waals surface area contributed by atoms with E-state index in [4.69, 9.17) is 10.1 Å². The van der Waals surface area contributed by atoms with Gasteiger partial charge in [-0.15, -0.1) is 0 Å². The van der Waals surface area contributed by atoms with Gasteiger partial charge >= 0.3 is 5.97 Å². The SMILES string of the molecule is CC1C(Br)C(C2CCN(CC(=O)O)CC2)=Nc2c(-c3cnn(C)c3)cnn21. The van der Waals surface area contributed by atoms with Crippen LogP contribution in [0.2, 0.25) is 0 Å². The average molecular weight is 435 g/mol. The molecule has 4 heterocycles. The van der Waals surface area contributed by atoms with Gasteiger partial charge in [0.25, 0.3) is 0 Å². The van der Waals surface area contributed by atoms with Gasteiger partial charge in [-0.2, -0.15) is 10.2 Å². The third-order valence-corrected chi connectivity index (χ3v) is 6.71. The lowest BCUT2D eigenvalue weighted by molar-refractivity contribution is -0.138. The summed E-state index contributed by atoms with van der Waals surface area (Å²) in [5, 5.41) is 17.8. The second-order valence-corrected chi connectivity index (χ2v) is 8.34. The lowest BCUT2D eigenvalue weighted by Crippen LogP contribution is -2.42. The molecule has 2 aromatic heterocycles. The van der Waals surface area contributed by atoms with Crippen LogP contribution in [0.4, 0.5) is 5.82 Å². The first-order valence-electron chi connectivity index (χ1n) is 9.17. The number of aliphatic carboxylic acids is 1. The average Bonchev–Trinajstić information content (AvgIpc) is 3.24. The Kier molecular flexibility index (Phi) is 4.90. The maximum absolute atomic E-state index is 10.9. The number of hydrogen-bond donors (Lipinski definition) is 1. The fraction of sp³-hybridized carbons (Fsp3) is 0.556. The lowest BCUT2D eigenvalue weighted by atomic mass is 9.88. The molecule has 2 unspecified atom stereocenters. The molecule has 4 rings (SSSR count). The van der Waals surface area contributed by atoms with Crippen molar-refractivity contribution in [2.75, 3.05) is 19.6 Å². The molecule has 27 heavy (non-hydrogen) atoms. The summed E-state index contributed by atoms with van der Waals surface area (Å²) in [5.74, 6) is 0.474. The van der Waals surface area contributed by atoms with Crippen LogP contribution in [-0.4, -0.2) is 65.7 Å². The molecule has 8 nitrogen and oxygen atoms in total. The molecule has 0 aromatic carbocycles. The van der Waals surface area contributed by atoms with Crippen LogP contribution in [-0.2, 0) is 11.8 Å². The van der Waals surface area contributed by atoms with Gasteiger partial charge in [-0.3, -0.25) is 14.4 Å². The summed E-state index contributed by atoms with van der Waals surface area (Å²) in [6.07, 6.45) is 7.53. The third-order valence-electron chi connectivity index (χ3n) is 5.48. The summed E-state index contributed by atoms with van der Waals surface area (Å²) in [6.45, 7) is 3.85. The molecule has 2 atom stereocenters. The van der Waals surface area contributed by atoms with Crippen LogP contribution in [0.5, 0.6) is 0 Å². The monoisotopic (exact) mass is 434 g/mol. The molecular formula is C18H23BrN6O2. The van der Waals surface area contributed by atoms with Crippen LogP contribution in [0.15, 0.2) is 23.6 Å². The van der Waals surface area contributed by atoms with E-state index in [9.17, 15) is 4.79 Å². The number of rotatable bonds is 4. The Balaban J connectivity index is 1.61. The molecule has 1 fully saturated rings. The van der Waals surface area contributed by atoms with Crippen molar-refractivity contribution in [1.29, 1.82) is 0 Å². The summed E-state index contributed by atoms with van der Waals surface area (Å²) in [7, 11) is 1.90. The van der Waals surface area contributed by atoms with Crippen molar-refractivity contribution in [3.63, 3.8) is 0 Å². The number of aromatic nitrogens is 4. The number of fused-ring (bicyclic) bond motifs is 1. The molecule has 1 saturated heterocycles. The number of carboxylic acid groups (broad SMARTS) is 1. The van der Waals surface area contributed by atoms with E-state index >= 15 is 0 Å². The Hall–Kier alpha value is -2.00. The van der Waals surface area contributed by atoms with Crippen LogP contribution in [0.1, 0.15) is 25.8 Å². The zero-order valence-electron chi connectivity index (χ0n) is 15.4. The van der Waals surface area contributed by atoms with Gasteiger partial charge in [-0.25, -0.2) is 9.67 Å². The van der Waals surface area contributed by atoms with E-state index < -0.39 is 5.97 Å². The van der Waals surface area contributed by atoms with Crippen LogP contribution in [0, 0.1) is 5.92 Å². The summed E-state index contributed by atoms with van der Waals surface area (Å²) in [4.78, 5) is 18.1. The van der Waals surface area contributed by atoms with Gasteiger partial charge in [0.2, 0.25) is 0 Å². The second-order valence-electron chi connectivity index (χ2n) is 7.35. The van der Waals surface area contributed by atoms with Gasteiger partial charge in [-0.05, 0) is 32.9 Å². The Labute approximate surface area is 166 Å². The highest BCUT2D eigenvalue weighted by atomic mass is 79.9. The molecule has 144 valence electrons. The minimum absolute atomic E-state index is 0.116. The Morgan fingerprint density at radius 3 is 2.67 bits per heavy atom. The van der Waals surface area contributed by atoms with Crippen molar-refractivity contribution in [1.82, 2.24) is 24.5 Å². The number of aliphatic imine (C=N–C) groups is 1. The summed E-state index contributed by atoms with van der Waals surface area (Å²) < 4.78 is 3.76. The first kappa shape index (κ1) is 18.4. The molecule has 0 amide bonds. The second kappa shape index (κ2) is 7.20.